The molecule has 0 unspecified atom stereocenters. The molecule has 0 heterocycles. The third kappa shape index (κ3) is 7.35. The molecule has 22 heteroatoms. The van der Waals surface area contributed by atoms with Crippen LogP contribution in [0.4, 0.5) is 79.0 Å². The lowest BCUT2D eigenvalue weighted by molar-refractivity contribution is -0.174. The lowest BCUT2D eigenvalue weighted by Crippen LogP contribution is -2.23. The van der Waals surface area contributed by atoms with Gasteiger partial charge in [0.1, 0.15) is 35.4 Å². The highest BCUT2D eigenvalue weighted by Gasteiger charge is 2.52. The fourth-order valence-electron chi connectivity index (χ4n) is 7.27. The fourth-order valence-corrected chi connectivity index (χ4v) is 7.27. The summed E-state index contributed by atoms with van der Waals surface area (Å²) in [6.07, 6.45) is -36.4. The number of allylic oxidation sites excluding steroid dienone is 6. The summed E-state index contributed by atoms with van der Waals surface area (Å²) in [6.45, 7) is 0. The Hall–Kier alpha value is -7.20. The molecule has 0 atom stereocenters. The van der Waals surface area contributed by atoms with Crippen molar-refractivity contribution in [1.29, 1.82) is 21.0 Å². The minimum Gasteiger partial charge on any atom is -0.192 e. The standard InChI is InChI=1S/C40H10F18N4/c41-35(42,43)25-7-17(8-26(36(44,45)46)33(25)39(53,54)55)15-1-3-21-23(5-15)29(19(11-59)12-60)32-22-4-2-16(6-24(22)30(31(21)32)20(13-61)14-62)18-9-27(37(47,48)49)34(40(56,57)58)28(10-18)38(50,51)52/h1-10H. The van der Waals surface area contributed by atoms with Gasteiger partial charge < -0.3 is 0 Å². The monoisotopic (exact) mass is 888 g/mol. The van der Waals surface area contributed by atoms with Crippen LogP contribution in [-0.4, -0.2) is 0 Å². The number of nitriles is 4. The molecule has 0 saturated heterocycles. The van der Waals surface area contributed by atoms with Crippen LogP contribution in [0.25, 0.3) is 44.5 Å². The number of rotatable bonds is 2. The second-order valence-electron chi connectivity index (χ2n) is 13.1. The van der Waals surface area contributed by atoms with E-state index in [1.165, 1.54) is 24.3 Å². The van der Waals surface area contributed by atoms with Crippen molar-refractivity contribution in [3.8, 4) is 46.5 Å². The van der Waals surface area contributed by atoms with Gasteiger partial charge in [-0.3, -0.25) is 0 Å². The zero-order valence-electron chi connectivity index (χ0n) is 29.4. The zero-order chi connectivity index (χ0) is 46.4. The van der Waals surface area contributed by atoms with Crippen molar-refractivity contribution >= 4 is 22.3 Å². The van der Waals surface area contributed by atoms with Crippen LogP contribution < -0.4 is 0 Å². The molecule has 0 amide bonds. The predicted molar refractivity (Wildman–Crippen MR) is 177 cm³/mol. The molecule has 0 bridgehead atoms. The van der Waals surface area contributed by atoms with Crippen LogP contribution in [0.5, 0.6) is 0 Å². The smallest absolute Gasteiger partial charge is 0.192 e. The largest absolute Gasteiger partial charge is 0.417 e. The second-order valence-corrected chi connectivity index (χ2v) is 13.1. The summed E-state index contributed by atoms with van der Waals surface area (Å²) < 4.78 is 251. The van der Waals surface area contributed by atoms with E-state index in [-0.39, 0.29) is 57.7 Å². The average molecular weight is 889 g/mol. The normalized spacial score (nSPS) is 14.1. The molecule has 316 valence electrons. The molecule has 4 aromatic carbocycles. The molecule has 0 fully saturated rings. The van der Waals surface area contributed by atoms with Gasteiger partial charge in [0.15, 0.2) is 0 Å². The average Bonchev–Trinajstić information content (AvgIpc) is 3.65. The van der Waals surface area contributed by atoms with E-state index in [2.05, 4.69) is 0 Å². The summed E-state index contributed by atoms with van der Waals surface area (Å²) >= 11 is 0. The van der Waals surface area contributed by atoms with Crippen LogP contribution in [0.1, 0.15) is 55.6 Å². The van der Waals surface area contributed by atoms with Gasteiger partial charge in [0, 0.05) is 22.3 Å². The first-order chi connectivity index (χ1) is 28.4. The van der Waals surface area contributed by atoms with Gasteiger partial charge in [0.25, 0.3) is 0 Å². The van der Waals surface area contributed by atoms with Crippen molar-refractivity contribution in [2.24, 2.45) is 0 Å². The maximum atomic E-state index is 14.0. The molecule has 0 saturated carbocycles. The first kappa shape index (κ1) is 44.4. The number of hydrogen-bond acceptors (Lipinski definition) is 4. The van der Waals surface area contributed by atoms with E-state index < -0.39 is 115 Å². The molecular weight excluding hydrogens is 878 g/mol. The van der Waals surface area contributed by atoms with Gasteiger partial charge in [-0.2, -0.15) is 100 Å². The molecule has 4 aromatic rings. The quantitative estimate of drug-likeness (QED) is 0.148. The van der Waals surface area contributed by atoms with Crippen LogP contribution in [0.3, 0.4) is 0 Å². The van der Waals surface area contributed by atoms with Gasteiger partial charge in [-0.05, 0) is 80.9 Å². The Labute approximate surface area is 333 Å². The van der Waals surface area contributed by atoms with Gasteiger partial charge in [-0.15, -0.1) is 0 Å². The Bertz CT molecular complexity index is 2600. The summed E-state index contributed by atoms with van der Waals surface area (Å²) in [7, 11) is 0. The molecule has 0 spiro atoms. The molecule has 6 rings (SSSR count). The Balaban J connectivity index is 1.65. The summed E-state index contributed by atoms with van der Waals surface area (Å²) in [5.74, 6) is 0. The van der Waals surface area contributed by atoms with Gasteiger partial charge in [0.2, 0.25) is 0 Å². The lowest BCUT2D eigenvalue weighted by atomic mass is 9.85. The van der Waals surface area contributed by atoms with Crippen molar-refractivity contribution in [1.82, 2.24) is 0 Å². The van der Waals surface area contributed by atoms with Crippen molar-refractivity contribution in [2.75, 3.05) is 0 Å². The maximum absolute atomic E-state index is 14.0. The number of fused-ring (bicyclic) bond motifs is 4. The van der Waals surface area contributed by atoms with E-state index in [1.54, 1.807) is 0 Å². The summed E-state index contributed by atoms with van der Waals surface area (Å²) in [4.78, 5) is 0. The number of nitrogens with zero attached hydrogens (tertiary/aromatic N) is 4. The SMILES string of the molecule is N#CC(C#N)=C1C2=C(C(=C(C#N)C#N)c3cc(-c4cc(C(F)(F)F)c(C(F)(F)F)c(C(F)(F)F)c4)ccc32)c2ccc(-c3cc(C(F)(F)F)c(C(F)(F)F)c(C(F)(F)F)c3)cc21. The second kappa shape index (κ2) is 14.2. The molecule has 2 aliphatic carbocycles. The first-order valence-corrected chi connectivity index (χ1v) is 16.3. The van der Waals surface area contributed by atoms with Crippen LogP contribution in [0, 0.1) is 45.3 Å². The Morgan fingerprint density at radius 3 is 0.790 bits per heavy atom. The number of benzene rings is 4. The highest BCUT2D eigenvalue weighted by atomic mass is 19.4. The molecule has 4 nitrogen and oxygen atoms in total. The summed E-state index contributed by atoms with van der Waals surface area (Å²) in [5, 5.41) is 39.8. The molecular formula is C40H10F18N4. The molecule has 2 aliphatic rings. The predicted octanol–water partition coefficient (Wildman–Crippen LogP) is 13.7. The zero-order valence-corrected chi connectivity index (χ0v) is 29.4. The molecule has 0 radical (unpaired) electrons. The van der Waals surface area contributed by atoms with E-state index in [1.807, 2.05) is 0 Å². The minimum atomic E-state index is -6.18. The highest BCUT2D eigenvalue weighted by molar-refractivity contribution is 6.38. The molecule has 0 N–H and O–H groups in total. The van der Waals surface area contributed by atoms with Gasteiger partial charge in [-0.25, -0.2) is 0 Å². The van der Waals surface area contributed by atoms with E-state index in [0.29, 0.717) is 0 Å². The Morgan fingerprint density at radius 2 is 0.581 bits per heavy atom. The number of halogens is 18. The maximum Gasteiger partial charge on any atom is 0.417 e. The van der Waals surface area contributed by atoms with Crippen LogP contribution in [0.2, 0.25) is 0 Å². The molecule has 62 heavy (non-hydrogen) atoms. The lowest BCUT2D eigenvalue weighted by Gasteiger charge is -2.22. The first-order valence-electron chi connectivity index (χ1n) is 16.3. The van der Waals surface area contributed by atoms with Crippen LogP contribution in [-0.2, 0) is 37.1 Å². The summed E-state index contributed by atoms with van der Waals surface area (Å²) in [6, 6.07) is 10.1. The minimum absolute atomic E-state index is 0.226. The van der Waals surface area contributed by atoms with Crippen LogP contribution >= 0.6 is 0 Å². The highest BCUT2D eigenvalue weighted by Crippen LogP contribution is 2.60. The van der Waals surface area contributed by atoms with E-state index in [0.717, 1.165) is 36.4 Å². The van der Waals surface area contributed by atoms with Crippen molar-refractivity contribution in [2.45, 2.75) is 37.1 Å². The number of hydrogen-bond donors (Lipinski definition) is 0. The van der Waals surface area contributed by atoms with Crippen LogP contribution in [0.15, 0.2) is 71.8 Å². The van der Waals surface area contributed by atoms with Gasteiger partial charge in [-0.1, -0.05) is 24.3 Å². The van der Waals surface area contributed by atoms with E-state index >= 15 is 0 Å². The number of alkyl halides is 18. The molecule has 0 aromatic heterocycles. The fraction of sp³-hybridized carbons (Fsp3) is 0.150. The molecule has 0 aliphatic heterocycles. The Morgan fingerprint density at radius 1 is 0.323 bits per heavy atom. The van der Waals surface area contributed by atoms with Crippen molar-refractivity contribution < 1.29 is 79.0 Å². The van der Waals surface area contributed by atoms with E-state index in [4.69, 9.17) is 0 Å². The third-order valence-electron chi connectivity index (χ3n) is 9.55. The topological polar surface area (TPSA) is 95.2 Å². The van der Waals surface area contributed by atoms with Gasteiger partial charge >= 0.3 is 37.1 Å². The Kier molecular flexibility index (Phi) is 10.2. The summed E-state index contributed by atoms with van der Waals surface area (Å²) in [5.41, 5.74) is -25.2. The van der Waals surface area contributed by atoms with Crippen molar-refractivity contribution in [3.63, 3.8) is 0 Å². The van der Waals surface area contributed by atoms with Gasteiger partial charge in [0.05, 0.1) is 33.4 Å². The van der Waals surface area contributed by atoms with Crippen molar-refractivity contribution in [3.05, 3.63) is 127 Å². The third-order valence-corrected chi connectivity index (χ3v) is 9.55. The van der Waals surface area contributed by atoms with E-state index in [9.17, 15) is 100 Å².